The van der Waals surface area contributed by atoms with Crippen LogP contribution in [0.1, 0.15) is 24.1 Å². The zero-order chi connectivity index (χ0) is 19.3. The molecule has 142 valence electrons. The molecule has 0 radical (unpaired) electrons. The van der Waals surface area contributed by atoms with Crippen LogP contribution in [0.2, 0.25) is 0 Å². The van der Waals surface area contributed by atoms with E-state index in [1.54, 1.807) is 31.1 Å². The summed E-state index contributed by atoms with van der Waals surface area (Å²) in [5.41, 5.74) is 2.51. The molecular weight excluding hydrogens is 364 g/mol. The molecule has 8 heteroatoms. The van der Waals surface area contributed by atoms with Crippen molar-refractivity contribution in [3.05, 3.63) is 78.1 Å². The summed E-state index contributed by atoms with van der Waals surface area (Å²) in [7, 11) is -2.03. The van der Waals surface area contributed by atoms with Crippen LogP contribution in [-0.2, 0) is 16.8 Å². The molecule has 1 unspecified atom stereocenters. The number of nitrogens with zero attached hydrogens (tertiary/aromatic N) is 2. The Bertz CT molecular complexity index is 970. The lowest BCUT2D eigenvalue weighted by Gasteiger charge is -2.13. The van der Waals surface area contributed by atoms with Gasteiger partial charge in [0, 0.05) is 24.3 Å². The molecule has 0 saturated carbocycles. The fraction of sp³-hybridized carbons (Fsp3) is 0.211. The van der Waals surface area contributed by atoms with Crippen LogP contribution in [0.15, 0.2) is 67.0 Å². The monoisotopic (exact) mass is 386 g/mol. The van der Waals surface area contributed by atoms with Crippen molar-refractivity contribution in [1.82, 2.24) is 19.2 Å². The average Bonchev–Trinajstić information content (AvgIpc) is 3.17. The molecule has 1 aromatic heterocycles. The van der Waals surface area contributed by atoms with E-state index in [2.05, 4.69) is 14.5 Å². The second-order valence-electron chi connectivity index (χ2n) is 6.07. The fourth-order valence-corrected chi connectivity index (χ4v) is 3.59. The quantitative estimate of drug-likeness (QED) is 0.623. The molecule has 2 N–H and O–H groups in total. The maximum atomic E-state index is 12.3. The second-order valence-corrected chi connectivity index (χ2v) is 7.60. The highest BCUT2D eigenvalue weighted by molar-refractivity contribution is 7.87. The summed E-state index contributed by atoms with van der Waals surface area (Å²) in [6.07, 6.45) is 3.45. The van der Waals surface area contributed by atoms with Gasteiger partial charge in [-0.25, -0.2) is 4.68 Å². The van der Waals surface area contributed by atoms with Gasteiger partial charge in [-0.3, -0.25) is 0 Å². The molecule has 0 fully saturated rings. The Morgan fingerprint density at radius 1 is 1.11 bits per heavy atom. The van der Waals surface area contributed by atoms with E-state index < -0.39 is 16.3 Å². The van der Waals surface area contributed by atoms with Gasteiger partial charge in [-0.1, -0.05) is 30.3 Å². The zero-order valence-corrected chi connectivity index (χ0v) is 16.0. The normalized spacial score (nSPS) is 12.7. The van der Waals surface area contributed by atoms with Crippen LogP contribution in [0.4, 0.5) is 0 Å². The molecule has 3 rings (SSSR count). The van der Waals surface area contributed by atoms with Crippen molar-refractivity contribution in [2.24, 2.45) is 0 Å². The summed E-state index contributed by atoms with van der Waals surface area (Å²) in [6, 6.07) is 16.4. The summed E-state index contributed by atoms with van der Waals surface area (Å²) >= 11 is 0. The minimum absolute atomic E-state index is 0.230. The number of hydrogen-bond donors (Lipinski definition) is 2. The number of methoxy groups -OCH3 is 1. The van der Waals surface area contributed by atoms with Crippen molar-refractivity contribution < 1.29 is 13.2 Å². The Morgan fingerprint density at radius 2 is 1.81 bits per heavy atom. The highest BCUT2D eigenvalue weighted by Gasteiger charge is 2.17. The third-order valence-electron chi connectivity index (χ3n) is 4.08. The molecule has 0 spiro atoms. The Kier molecular flexibility index (Phi) is 5.90. The summed E-state index contributed by atoms with van der Waals surface area (Å²) in [6.45, 7) is 2.01. The molecule has 0 bridgehead atoms. The van der Waals surface area contributed by atoms with Crippen LogP contribution in [0.3, 0.4) is 0 Å². The highest BCUT2D eigenvalue weighted by atomic mass is 32.2. The molecular formula is C19H22N4O3S. The van der Waals surface area contributed by atoms with E-state index in [4.69, 9.17) is 4.74 Å². The number of benzene rings is 2. The molecule has 0 aliphatic carbocycles. The number of rotatable bonds is 8. The van der Waals surface area contributed by atoms with Crippen LogP contribution in [0.5, 0.6) is 5.75 Å². The molecule has 0 aliphatic heterocycles. The van der Waals surface area contributed by atoms with E-state index in [9.17, 15) is 8.42 Å². The third kappa shape index (κ3) is 5.16. The fourth-order valence-electron chi connectivity index (χ4n) is 2.55. The SMILES string of the molecule is COc1ccc(-n2cc(C(C)NS(=O)(=O)NCc3ccccc3)cn2)cc1. The summed E-state index contributed by atoms with van der Waals surface area (Å²) in [5.74, 6) is 0.761. The van der Waals surface area contributed by atoms with Crippen molar-refractivity contribution >= 4 is 10.2 Å². The Balaban J connectivity index is 1.63. The lowest BCUT2D eigenvalue weighted by atomic mass is 10.2. The van der Waals surface area contributed by atoms with Gasteiger partial charge in [0.2, 0.25) is 0 Å². The van der Waals surface area contributed by atoms with Gasteiger partial charge in [0.05, 0.1) is 19.0 Å². The maximum Gasteiger partial charge on any atom is 0.277 e. The van der Waals surface area contributed by atoms with Gasteiger partial charge in [0.15, 0.2) is 0 Å². The van der Waals surface area contributed by atoms with Crippen LogP contribution in [0.25, 0.3) is 5.69 Å². The van der Waals surface area contributed by atoms with Crippen LogP contribution < -0.4 is 14.2 Å². The molecule has 7 nitrogen and oxygen atoms in total. The predicted molar refractivity (Wildman–Crippen MR) is 104 cm³/mol. The minimum atomic E-state index is -3.65. The first-order valence-corrected chi connectivity index (χ1v) is 9.95. The second kappa shape index (κ2) is 8.34. The molecule has 27 heavy (non-hydrogen) atoms. The molecule has 2 aromatic carbocycles. The lowest BCUT2D eigenvalue weighted by Crippen LogP contribution is -2.37. The molecule has 3 aromatic rings. The zero-order valence-electron chi connectivity index (χ0n) is 15.2. The number of aromatic nitrogens is 2. The van der Waals surface area contributed by atoms with Crippen LogP contribution in [0, 0.1) is 0 Å². The largest absolute Gasteiger partial charge is 0.497 e. The molecule has 0 aliphatic rings. The van der Waals surface area contributed by atoms with E-state index in [1.165, 1.54) is 0 Å². The number of hydrogen-bond acceptors (Lipinski definition) is 4. The van der Waals surface area contributed by atoms with Crippen molar-refractivity contribution in [2.75, 3.05) is 7.11 Å². The summed E-state index contributed by atoms with van der Waals surface area (Å²) in [5, 5.41) is 4.31. The van der Waals surface area contributed by atoms with Gasteiger partial charge in [-0.15, -0.1) is 0 Å². The van der Waals surface area contributed by atoms with E-state index in [1.807, 2.05) is 54.6 Å². The standard InChI is InChI=1S/C19H22N4O3S/c1-15(22-27(24,25)21-12-16-6-4-3-5-7-16)17-13-20-23(14-17)18-8-10-19(26-2)11-9-18/h3-11,13-15,21-22H,12H2,1-2H3. The molecule has 0 amide bonds. The van der Waals surface area contributed by atoms with E-state index in [0.29, 0.717) is 0 Å². The van der Waals surface area contributed by atoms with Gasteiger partial charge < -0.3 is 4.74 Å². The van der Waals surface area contributed by atoms with Crippen LogP contribution in [-0.4, -0.2) is 25.3 Å². The van der Waals surface area contributed by atoms with Crippen molar-refractivity contribution in [3.8, 4) is 11.4 Å². The van der Waals surface area contributed by atoms with Crippen molar-refractivity contribution in [2.45, 2.75) is 19.5 Å². The summed E-state index contributed by atoms with van der Waals surface area (Å²) < 4.78 is 36.5. The molecule has 1 heterocycles. The van der Waals surface area contributed by atoms with Gasteiger partial charge in [0.25, 0.3) is 10.2 Å². The first kappa shape index (κ1) is 19.1. The van der Waals surface area contributed by atoms with Gasteiger partial charge in [-0.2, -0.15) is 23.0 Å². The van der Waals surface area contributed by atoms with E-state index >= 15 is 0 Å². The number of nitrogens with one attached hydrogen (secondary N) is 2. The van der Waals surface area contributed by atoms with E-state index in [0.717, 1.165) is 22.6 Å². The Hall–Kier alpha value is -2.68. The van der Waals surface area contributed by atoms with Crippen LogP contribution >= 0.6 is 0 Å². The lowest BCUT2D eigenvalue weighted by molar-refractivity contribution is 0.414. The minimum Gasteiger partial charge on any atom is -0.497 e. The van der Waals surface area contributed by atoms with Gasteiger partial charge >= 0.3 is 0 Å². The van der Waals surface area contributed by atoms with Crippen molar-refractivity contribution in [1.29, 1.82) is 0 Å². The summed E-state index contributed by atoms with van der Waals surface area (Å²) in [4.78, 5) is 0. The number of ether oxygens (including phenoxy) is 1. The van der Waals surface area contributed by atoms with Gasteiger partial charge in [-0.05, 0) is 36.8 Å². The third-order valence-corrected chi connectivity index (χ3v) is 5.27. The van der Waals surface area contributed by atoms with Gasteiger partial charge in [0.1, 0.15) is 5.75 Å². The Morgan fingerprint density at radius 3 is 2.48 bits per heavy atom. The molecule has 1 atom stereocenters. The Labute approximate surface area is 159 Å². The maximum absolute atomic E-state index is 12.3. The first-order valence-electron chi connectivity index (χ1n) is 8.47. The van der Waals surface area contributed by atoms with E-state index in [-0.39, 0.29) is 6.54 Å². The smallest absolute Gasteiger partial charge is 0.277 e. The topological polar surface area (TPSA) is 85.2 Å². The first-order chi connectivity index (χ1) is 13.0. The molecule has 0 saturated heterocycles. The predicted octanol–water partition coefficient (Wildman–Crippen LogP) is 2.57. The highest BCUT2D eigenvalue weighted by Crippen LogP contribution is 2.17. The average molecular weight is 386 g/mol. The van der Waals surface area contributed by atoms with Crippen molar-refractivity contribution in [3.63, 3.8) is 0 Å².